The van der Waals surface area contributed by atoms with E-state index in [-0.39, 0.29) is 6.42 Å². The normalized spacial score (nSPS) is 14.3. The molecule has 0 heterocycles. The van der Waals surface area contributed by atoms with Crippen molar-refractivity contribution >= 4 is 12.0 Å². The zero-order valence-electron chi connectivity index (χ0n) is 8.79. The van der Waals surface area contributed by atoms with Gasteiger partial charge in [-0.05, 0) is 36.5 Å². The highest BCUT2D eigenvalue weighted by atomic mass is 16.4. The maximum Gasteiger partial charge on any atom is 0.307 e. The van der Waals surface area contributed by atoms with Gasteiger partial charge in [0.15, 0.2) is 0 Å². The molecule has 0 bridgehead atoms. The first-order valence-electron chi connectivity index (χ1n) is 5.16. The van der Waals surface area contributed by atoms with Gasteiger partial charge in [0.2, 0.25) is 0 Å². The topological polar surface area (TPSA) is 37.3 Å². The Balaban J connectivity index is 2.35. The molecule has 0 saturated heterocycles. The van der Waals surface area contributed by atoms with Crippen molar-refractivity contribution in [2.75, 3.05) is 0 Å². The third-order valence-electron chi connectivity index (χ3n) is 2.86. The van der Waals surface area contributed by atoms with Gasteiger partial charge in [-0.1, -0.05) is 29.8 Å². The minimum absolute atomic E-state index is 0.174. The number of carboxylic acid groups (broad SMARTS) is 1. The summed E-state index contributed by atoms with van der Waals surface area (Å²) < 4.78 is 0. The van der Waals surface area contributed by atoms with Crippen LogP contribution < -0.4 is 0 Å². The van der Waals surface area contributed by atoms with Crippen LogP contribution in [0.1, 0.15) is 29.5 Å². The summed E-state index contributed by atoms with van der Waals surface area (Å²) in [6.45, 7) is 2.07. The molecular formula is C13H14O2. The molecule has 0 amide bonds. The second kappa shape index (κ2) is 3.89. The second-order valence-electron chi connectivity index (χ2n) is 4.02. The number of benzene rings is 1. The zero-order chi connectivity index (χ0) is 10.8. The fraction of sp³-hybridized carbons (Fsp3) is 0.308. The van der Waals surface area contributed by atoms with Crippen LogP contribution in [-0.4, -0.2) is 11.1 Å². The van der Waals surface area contributed by atoms with Crippen molar-refractivity contribution in [2.45, 2.75) is 26.2 Å². The fourth-order valence-corrected chi connectivity index (χ4v) is 2.07. The Morgan fingerprint density at radius 3 is 2.93 bits per heavy atom. The first-order chi connectivity index (χ1) is 7.16. The van der Waals surface area contributed by atoms with Crippen LogP contribution >= 0.6 is 0 Å². The van der Waals surface area contributed by atoms with Gasteiger partial charge >= 0.3 is 5.97 Å². The zero-order valence-corrected chi connectivity index (χ0v) is 8.79. The van der Waals surface area contributed by atoms with Gasteiger partial charge in [-0.2, -0.15) is 0 Å². The SMILES string of the molecule is Cc1cccc2c1C=C(CC(=O)O)CC2. The number of aryl methyl sites for hydroxylation is 2. The Bertz CT molecular complexity index is 430. The van der Waals surface area contributed by atoms with Crippen LogP contribution in [0, 0.1) is 6.92 Å². The summed E-state index contributed by atoms with van der Waals surface area (Å²) in [5, 5.41) is 8.74. The summed E-state index contributed by atoms with van der Waals surface area (Å²) in [6, 6.07) is 6.25. The lowest BCUT2D eigenvalue weighted by Gasteiger charge is -2.17. The molecule has 1 N–H and O–H groups in total. The molecule has 0 saturated carbocycles. The summed E-state index contributed by atoms with van der Waals surface area (Å²) in [5.74, 6) is -0.738. The Kier molecular flexibility index (Phi) is 2.58. The fourth-order valence-electron chi connectivity index (χ4n) is 2.07. The minimum Gasteiger partial charge on any atom is -0.481 e. The molecule has 0 unspecified atom stereocenters. The van der Waals surface area contributed by atoms with Crippen molar-refractivity contribution in [1.29, 1.82) is 0 Å². The van der Waals surface area contributed by atoms with E-state index in [0.29, 0.717) is 0 Å². The van der Waals surface area contributed by atoms with Crippen LogP contribution in [0.5, 0.6) is 0 Å². The summed E-state index contributed by atoms with van der Waals surface area (Å²) in [7, 11) is 0. The van der Waals surface area contributed by atoms with Crippen molar-refractivity contribution < 1.29 is 9.90 Å². The van der Waals surface area contributed by atoms with E-state index in [1.54, 1.807) is 0 Å². The van der Waals surface area contributed by atoms with Crippen LogP contribution in [0.2, 0.25) is 0 Å². The molecule has 2 heteroatoms. The third kappa shape index (κ3) is 2.09. The molecule has 0 aromatic heterocycles. The van der Waals surface area contributed by atoms with Crippen LogP contribution in [0.4, 0.5) is 0 Å². The van der Waals surface area contributed by atoms with Crippen molar-refractivity contribution in [3.05, 3.63) is 40.5 Å². The van der Waals surface area contributed by atoms with E-state index >= 15 is 0 Å². The molecule has 0 aliphatic heterocycles. The van der Waals surface area contributed by atoms with Gasteiger partial charge in [0.1, 0.15) is 0 Å². The second-order valence-corrected chi connectivity index (χ2v) is 4.02. The van der Waals surface area contributed by atoms with E-state index in [4.69, 9.17) is 5.11 Å². The predicted octanol–water partition coefficient (Wildman–Crippen LogP) is 2.80. The lowest BCUT2D eigenvalue weighted by molar-refractivity contribution is -0.136. The highest BCUT2D eigenvalue weighted by molar-refractivity contribution is 5.74. The number of carbonyl (C=O) groups is 1. The lowest BCUT2D eigenvalue weighted by atomic mass is 9.88. The minimum atomic E-state index is -0.738. The van der Waals surface area contributed by atoms with Crippen LogP contribution in [0.3, 0.4) is 0 Å². The molecular weight excluding hydrogens is 188 g/mol. The van der Waals surface area contributed by atoms with Crippen LogP contribution in [-0.2, 0) is 11.2 Å². The number of carboxylic acids is 1. The monoisotopic (exact) mass is 202 g/mol. The molecule has 1 aromatic rings. The Morgan fingerprint density at radius 2 is 2.20 bits per heavy atom. The molecule has 1 aliphatic rings. The summed E-state index contributed by atoms with van der Waals surface area (Å²) in [4.78, 5) is 10.6. The van der Waals surface area contributed by atoms with Gasteiger partial charge < -0.3 is 5.11 Å². The van der Waals surface area contributed by atoms with Crippen molar-refractivity contribution in [1.82, 2.24) is 0 Å². The quantitative estimate of drug-likeness (QED) is 0.800. The molecule has 0 fully saturated rings. The van der Waals surface area contributed by atoms with Gasteiger partial charge in [0, 0.05) is 0 Å². The smallest absolute Gasteiger partial charge is 0.307 e. The highest BCUT2D eigenvalue weighted by Gasteiger charge is 2.13. The summed E-state index contributed by atoms with van der Waals surface area (Å²) in [6.07, 6.45) is 4.06. The van der Waals surface area contributed by atoms with Gasteiger partial charge in [0.25, 0.3) is 0 Å². The van der Waals surface area contributed by atoms with Gasteiger partial charge in [-0.15, -0.1) is 0 Å². The molecule has 0 atom stereocenters. The van der Waals surface area contributed by atoms with E-state index in [2.05, 4.69) is 25.1 Å². The highest BCUT2D eigenvalue weighted by Crippen LogP contribution is 2.27. The standard InChI is InChI=1S/C13H14O2/c1-9-3-2-4-11-6-5-10(7-12(9)11)8-13(14)15/h2-4,7H,5-6,8H2,1H3,(H,14,15). The van der Waals surface area contributed by atoms with E-state index in [1.165, 1.54) is 16.7 Å². The molecule has 2 rings (SSSR count). The van der Waals surface area contributed by atoms with Crippen LogP contribution in [0.15, 0.2) is 23.8 Å². The average molecular weight is 202 g/mol. The average Bonchev–Trinajstić information content (AvgIpc) is 2.18. The van der Waals surface area contributed by atoms with E-state index in [0.717, 1.165) is 18.4 Å². The Morgan fingerprint density at radius 1 is 1.40 bits per heavy atom. The molecule has 0 radical (unpaired) electrons. The molecule has 2 nitrogen and oxygen atoms in total. The maximum atomic E-state index is 10.6. The maximum absolute atomic E-state index is 10.6. The largest absolute Gasteiger partial charge is 0.481 e. The number of hydrogen-bond acceptors (Lipinski definition) is 1. The number of hydrogen-bond donors (Lipinski definition) is 1. The van der Waals surface area contributed by atoms with E-state index in [1.807, 2.05) is 6.08 Å². The molecule has 0 spiro atoms. The van der Waals surface area contributed by atoms with Crippen molar-refractivity contribution in [3.63, 3.8) is 0 Å². The van der Waals surface area contributed by atoms with Gasteiger partial charge in [-0.3, -0.25) is 4.79 Å². The van der Waals surface area contributed by atoms with E-state index in [9.17, 15) is 4.79 Å². The third-order valence-corrected chi connectivity index (χ3v) is 2.86. The Hall–Kier alpha value is -1.57. The predicted molar refractivity (Wildman–Crippen MR) is 59.7 cm³/mol. The lowest BCUT2D eigenvalue weighted by Crippen LogP contribution is -2.05. The molecule has 15 heavy (non-hydrogen) atoms. The Labute approximate surface area is 89.2 Å². The van der Waals surface area contributed by atoms with Crippen molar-refractivity contribution in [2.24, 2.45) is 0 Å². The first-order valence-corrected chi connectivity index (χ1v) is 5.16. The molecule has 1 aliphatic carbocycles. The summed E-state index contributed by atoms with van der Waals surface area (Å²) >= 11 is 0. The van der Waals surface area contributed by atoms with Crippen LogP contribution in [0.25, 0.3) is 6.08 Å². The number of aliphatic carboxylic acids is 1. The number of rotatable bonds is 2. The van der Waals surface area contributed by atoms with Gasteiger partial charge in [0.05, 0.1) is 6.42 Å². The summed E-state index contributed by atoms with van der Waals surface area (Å²) in [5.41, 5.74) is 4.82. The van der Waals surface area contributed by atoms with E-state index < -0.39 is 5.97 Å². The van der Waals surface area contributed by atoms with Gasteiger partial charge in [-0.25, -0.2) is 0 Å². The first kappa shape index (κ1) is 9.97. The molecule has 78 valence electrons. The van der Waals surface area contributed by atoms with Crippen molar-refractivity contribution in [3.8, 4) is 0 Å². The molecule has 1 aromatic carbocycles. The number of fused-ring (bicyclic) bond motifs is 1.